The molecule has 0 aromatic rings. The van der Waals surface area contributed by atoms with Crippen LogP contribution in [0, 0.1) is 0 Å². The molecule has 0 saturated carbocycles. The van der Waals surface area contributed by atoms with Crippen LogP contribution in [0.5, 0.6) is 0 Å². The minimum absolute atomic E-state index is 0.136. The van der Waals surface area contributed by atoms with Gasteiger partial charge in [-0.3, -0.25) is 4.79 Å². The van der Waals surface area contributed by atoms with Crippen molar-refractivity contribution in [1.29, 1.82) is 0 Å². The Morgan fingerprint density at radius 2 is 1.33 bits per heavy atom. The van der Waals surface area contributed by atoms with Gasteiger partial charge in [-0.1, -0.05) is 52.4 Å². The fourth-order valence-corrected chi connectivity index (χ4v) is 2.43. The van der Waals surface area contributed by atoms with Gasteiger partial charge in [0.05, 0.1) is 0 Å². The zero-order chi connectivity index (χ0) is 13.9. The molecule has 0 radical (unpaired) electrons. The molecule has 108 valence electrons. The molecule has 0 rings (SSSR count). The van der Waals surface area contributed by atoms with Crippen molar-refractivity contribution >= 4 is 5.97 Å². The third-order valence-electron chi connectivity index (χ3n) is 3.51. The van der Waals surface area contributed by atoms with E-state index in [2.05, 4.69) is 20.8 Å². The molecule has 0 aromatic heterocycles. The molecule has 0 unspecified atom stereocenters. The zero-order valence-corrected chi connectivity index (χ0v) is 12.9. The average molecular weight is 256 g/mol. The quantitative estimate of drug-likeness (QED) is 0.373. The average Bonchev–Trinajstić information content (AvgIpc) is 2.30. The number of unbranched alkanes of at least 4 members (excludes halogenated alkanes) is 6. The highest BCUT2D eigenvalue weighted by atomic mass is 16.6. The van der Waals surface area contributed by atoms with Crippen LogP contribution in [-0.4, -0.2) is 11.6 Å². The molecule has 18 heavy (non-hydrogen) atoms. The van der Waals surface area contributed by atoms with Gasteiger partial charge in [-0.05, 0) is 32.6 Å². The molecule has 0 heterocycles. The third kappa shape index (κ3) is 9.49. The minimum atomic E-state index is -0.229. The normalized spacial score (nSPS) is 11.6. The molecule has 0 N–H and O–H groups in total. The summed E-state index contributed by atoms with van der Waals surface area (Å²) in [4.78, 5) is 11.2. The third-order valence-corrected chi connectivity index (χ3v) is 3.51. The van der Waals surface area contributed by atoms with Crippen LogP contribution in [0.1, 0.15) is 91.9 Å². The first-order chi connectivity index (χ1) is 8.54. The molecule has 0 saturated heterocycles. The smallest absolute Gasteiger partial charge is 0.303 e. The van der Waals surface area contributed by atoms with E-state index in [1.807, 2.05) is 0 Å². The van der Waals surface area contributed by atoms with Crippen molar-refractivity contribution in [1.82, 2.24) is 0 Å². The molecule has 0 bridgehead atoms. The molecular weight excluding hydrogens is 224 g/mol. The van der Waals surface area contributed by atoms with Gasteiger partial charge < -0.3 is 4.74 Å². The number of hydrogen-bond acceptors (Lipinski definition) is 2. The van der Waals surface area contributed by atoms with Crippen molar-refractivity contribution < 1.29 is 9.53 Å². The van der Waals surface area contributed by atoms with Gasteiger partial charge in [-0.15, -0.1) is 0 Å². The fraction of sp³-hybridized carbons (Fsp3) is 0.938. The predicted octanol–water partition coefficient (Wildman–Crippen LogP) is 5.25. The van der Waals surface area contributed by atoms with Gasteiger partial charge in [-0.2, -0.15) is 0 Å². The Balaban J connectivity index is 4.03. The summed E-state index contributed by atoms with van der Waals surface area (Å²) in [5, 5.41) is 0. The Labute approximate surface area is 113 Å². The van der Waals surface area contributed by atoms with Crippen molar-refractivity contribution in [2.24, 2.45) is 0 Å². The molecule has 0 atom stereocenters. The standard InChI is InChI=1S/C16H32O2/c1-5-7-9-11-13-16(4,18-15(3)17)14-12-10-8-6-2/h5-14H2,1-4H3. The van der Waals surface area contributed by atoms with E-state index in [1.54, 1.807) is 0 Å². The maximum atomic E-state index is 11.2. The molecule has 0 aromatic carbocycles. The van der Waals surface area contributed by atoms with E-state index in [0.717, 1.165) is 12.8 Å². The Morgan fingerprint density at radius 1 is 0.889 bits per heavy atom. The lowest BCUT2D eigenvalue weighted by Crippen LogP contribution is -2.31. The largest absolute Gasteiger partial charge is 0.460 e. The highest BCUT2D eigenvalue weighted by Crippen LogP contribution is 2.26. The summed E-state index contributed by atoms with van der Waals surface area (Å²) >= 11 is 0. The summed E-state index contributed by atoms with van der Waals surface area (Å²) in [6, 6.07) is 0. The predicted molar refractivity (Wildman–Crippen MR) is 77.7 cm³/mol. The Kier molecular flexibility index (Phi) is 10.1. The van der Waals surface area contributed by atoms with Gasteiger partial charge in [0, 0.05) is 6.92 Å². The molecule has 0 aliphatic rings. The van der Waals surface area contributed by atoms with Crippen LogP contribution in [0.15, 0.2) is 0 Å². The molecule has 0 amide bonds. The first-order valence-corrected chi connectivity index (χ1v) is 7.73. The van der Waals surface area contributed by atoms with Crippen molar-refractivity contribution in [3.8, 4) is 0 Å². The molecule has 2 heteroatoms. The number of ether oxygens (including phenoxy) is 1. The number of hydrogen-bond donors (Lipinski definition) is 0. The van der Waals surface area contributed by atoms with Crippen LogP contribution >= 0.6 is 0 Å². The lowest BCUT2D eigenvalue weighted by Gasteiger charge is -2.29. The molecule has 0 fully saturated rings. The number of esters is 1. The molecular formula is C16H32O2. The van der Waals surface area contributed by atoms with Crippen molar-refractivity contribution in [3.05, 3.63) is 0 Å². The van der Waals surface area contributed by atoms with E-state index >= 15 is 0 Å². The summed E-state index contributed by atoms with van der Waals surface area (Å²) < 4.78 is 5.56. The van der Waals surface area contributed by atoms with E-state index in [-0.39, 0.29) is 11.6 Å². The van der Waals surface area contributed by atoms with Crippen LogP contribution in [0.3, 0.4) is 0 Å². The maximum Gasteiger partial charge on any atom is 0.303 e. The van der Waals surface area contributed by atoms with Crippen LogP contribution in [0.2, 0.25) is 0 Å². The van der Waals surface area contributed by atoms with Gasteiger partial charge in [0.15, 0.2) is 0 Å². The van der Waals surface area contributed by atoms with Gasteiger partial charge in [0.25, 0.3) is 0 Å². The van der Waals surface area contributed by atoms with E-state index < -0.39 is 0 Å². The molecule has 0 aliphatic heterocycles. The monoisotopic (exact) mass is 256 g/mol. The van der Waals surface area contributed by atoms with Gasteiger partial charge in [-0.25, -0.2) is 0 Å². The molecule has 2 nitrogen and oxygen atoms in total. The first kappa shape index (κ1) is 17.5. The van der Waals surface area contributed by atoms with Crippen LogP contribution in [0.4, 0.5) is 0 Å². The lowest BCUT2D eigenvalue weighted by atomic mass is 9.91. The number of carbonyl (C=O) groups is 1. The van der Waals surface area contributed by atoms with Crippen LogP contribution in [-0.2, 0) is 9.53 Å². The van der Waals surface area contributed by atoms with Gasteiger partial charge in [0.2, 0.25) is 0 Å². The Hall–Kier alpha value is -0.530. The van der Waals surface area contributed by atoms with E-state index in [9.17, 15) is 4.79 Å². The second-order valence-corrected chi connectivity index (χ2v) is 5.66. The van der Waals surface area contributed by atoms with Crippen molar-refractivity contribution in [2.75, 3.05) is 0 Å². The SMILES string of the molecule is CCCCCCC(C)(CCCCCC)OC(C)=O. The van der Waals surface area contributed by atoms with Crippen LogP contribution in [0.25, 0.3) is 0 Å². The summed E-state index contributed by atoms with van der Waals surface area (Å²) in [7, 11) is 0. The highest BCUT2D eigenvalue weighted by Gasteiger charge is 2.26. The minimum Gasteiger partial charge on any atom is -0.460 e. The summed E-state index contributed by atoms with van der Waals surface area (Å²) in [5.41, 5.74) is -0.229. The van der Waals surface area contributed by atoms with Crippen molar-refractivity contribution in [3.63, 3.8) is 0 Å². The second-order valence-electron chi connectivity index (χ2n) is 5.66. The summed E-state index contributed by atoms with van der Waals surface area (Å²) in [6.45, 7) is 8.06. The lowest BCUT2D eigenvalue weighted by molar-refractivity contribution is -0.157. The van der Waals surface area contributed by atoms with Gasteiger partial charge in [0.1, 0.15) is 5.60 Å². The number of carbonyl (C=O) groups excluding carboxylic acids is 1. The van der Waals surface area contributed by atoms with Gasteiger partial charge >= 0.3 is 5.97 Å². The van der Waals surface area contributed by atoms with E-state index in [0.29, 0.717) is 0 Å². The fourth-order valence-electron chi connectivity index (χ4n) is 2.43. The topological polar surface area (TPSA) is 26.3 Å². The summed E-state index contributed by atoms with van der Waals surface area (Å²) in [5.74, 6) is -0.136. The second kappa shape index (κ2) is 10.4. The van der Waals surface area contributed by atoms with Crippen LogP contribution < -0.4 is 0 Å². The zero-order valence-electron chi connectivity index (χ0n) is 12.9. The Morgan fingerprint density at radius 3 is 1.67 bits per heavy atom. The number of rotatable bonds is 11. The summed E-state index contributed by atoms with van der Waals surface area (Å²) in [6.07, 6.45) is 11.9. The molecule has 0 aliphatic carbocycles. The highest BCUT2D eigenvalue weighted by molar-refractivity contribution is 5.66. The maximum absolute atomic E-state index is 11.2. The first-order valence-electron chi connectivity index (χ1n) is 7.73. The molecule has 0 spiro atoms. The van der Waals surface area contributed by atoms with E-state index in [4.69, 9.17) is 4.74 Å². The van der Waals surface area contributed by atoms with Crippen molar-refractivity contribution in [2.45, 2.75) is 97.5 Å². The Bertz CT molecular complexity index is 199. The van der Waals surface area contributed by atoms with E-state index in [1.165, 1.54) is 58.3 Å².